The average molecular weight is 370 g/mol. The van der Waals surface area contributed by atoms with Crippen LogP contribution >= 0.6 is 15.9 Å². The maximum Gasteiger partial charge on any atom is 0.330 e. The molecule has 120 valence electrons. The van der Waals surface area contributed by atoms with E-state index in [9.17, 15) is 14.7 Å². The zero-order valence-electron chi connectivity index (χ0n) is 12.3. The molecule has 1 saturated heterocycles. The van der Waals surface area contributed by atoms with E-state index in [2.05, 4.69) is 21.2 Å². The summed E-state index contributed by atoms with van der Waals surface area (Å²) in [7, 11) is 0. The summed E-state index contributed by atoms with van der Waals surface area (Å²) < 4.78 is 6.15. The maximum atomic E-state index is 12.0. The zero-order chi connectivity index (χ0) is 15.9. The van der Waals surface area contributed by atoms with Crippen molar-refractivity contribution < 1.29 is 19.4 Å². The number of carboxylic acid groups (broad SMARTS) is 1. The molecule has 1 heterocycles. The van der Waals surface area contributed by atoms with Gasteiger partial charge in [0.05, 0.1) is 0 Å². The van der Waals surface area contributed by atoms with Gasteiger partial charge in [-0.2, -0.15) is 0 Å². The second kappa shape index (κ2) is 8.29. The fraction of sp³-hybridized carbons (Fsp3) is 0.500. The zero-order valence-corrected chi connectivity index (χ0v) is 13.8. The van der Waals surface area contributed by atoms with Gasteiger partial charge in [-0.15, -0.1) is 0 Å². The lowest BCUT2D eigenvalue weighted by molar-refractivity contribution is -0.142. The lowest BCUT2D eigenvalue weighted by Crippen LogP contribution is -2.34. The number of hydrogen-bond donors (Lipinski definition) is 2. The van der Waals surface area contributed by atoms with Crippen LogP contribution in [0.1, 0.15) is 37.3 Å². The number of carbonyl (C=O) groups excluding carboxylic acids is 1. The SMILES string of the molecule is O=C(CCC1CCOCC1)NC(C(=O)O)c1ccc(Br)cc1. The number of amides is 1. The summed E-state index contributed by atoms with van der Waals surface area (Å²) in [4.78, 5) is 23.4. The largest absolute Gasteiger partial charge is 0.479 e. The van der Waals surface area contributed by atoms with Gasteiger partial charge < -0.3 is 15.2 Å². The van der Waals surface area contributed by atoms with Gasteiger partial charge in [0.1, 0.15) is 0 Å². The predicted molar refractivity (Wildman–Crippen MR) is 85.4 cm³/mol. The molecule has 0 radical (unpaired) electrons. The molecule has 0 spiro atoms. The Morgan fingerprint density at radius 1 is 1.27 bits per heavy atom. The van der Waals surface area contributed by atoms with Gasteiger partial charge in [0.2, 0.25) is 5.91 Å². The number of carboxylic acids is 1. The third kappa shape index (κ3) is 5.10. The molecule has 6 heteroatoms. The molecular weight excluding hydrogens is 350 g/mol. The van der Waals surface area contributed by atoms with Crippen LogP contribution in [-0.4, -0.2) is 30.2 Å². The number of benzene rings is 1. The van der Waals surface area contributed by atoms with Crippen LogP contribution in [0.25, 0.3) is 0 Å². The first-order chi connectivity index (χ1) is 10.6. The van der Waals surface area contributed by atoms with Gasteiger partial charge in [0.15, 0.2) is 6.04 Å². The fourth-order valence-corrected chi connectivity index (χ4v) is 2.81. The van der Waals surface area contributed by atoms with E-state index in [-0.39, 0.29) is 5.91 Å². The van der Waals surface area contributed by atoms with E-state index in [0.717, 1.165) is 36.9 Å². The first kappa shape index (κ1) is 17.0. The van der Waals surface area contributed by atoms with E-state index in [1.807, 2.05) is 0 Å². The highest BCUT2D eigenvalue weighted by Gasteiger charge is 2.22. The average Bonchev–Trinajstić information content (AvgIpc) is 2.52. The minimum Gasteiger partial charge on any atom is -0.479 e. The van der Waals surface area contributed by atoms with Crippen molar-refractivity contribution in [3.05, 3.63) is 34.3 Å². The van der Waals surface area contributed by atoms with Crippen LogP contribution in [0, 0.1) is 5.92 Å². The topological polar surface area (TPSA) is 75.6 Å². The Morgan fingerprint density at radius 3 is 2.50 bits per heavy atom. The van der Waals surface area contributed by atoms with Crippen molar-refractivity contribution in [3.8, 4) is 0 Å². The monoisotopic (exact) mass is 369 g/mol. The Hall–Kier alpha value is -1.40. The molecule has 0 saturated carbocycles. The van der Waals surface area contributed by atoms with Crippen molar-refractivity contribution in [1.82, 2.24) is 5.32 Å². The molecule has 1 aromatic carbocycles. The number of ether oxygens (including phenoxy) is 1. The summed E-state index contributed by atoms with van der Waals surface area (Å²) in [6, 6.07) is 5.91. The number of carbonyl (C=O) groups is 2. The third-order valence-electron chi connectivity index (χ3n) is 3.88. The Kier molecular flexibility index (Phi) is 6.39. The molecule has 22 heavy (non-hydrogen) atoms. The van der Waals surface area contributed by atoms with Gasteiger partial charge in [0.25, 0.3) is 0 Å². The molecule has 5 nitrogen and oxygen atoms in total. The van der Waals surface area contributed by atoms with Crippen molar-refractivity contribution in [2.45, 2.75) is 31.7 Å². The van der Waals surface area contributed by atoms with Gasteiger partial charge in [-0.1, -0.05) is 28.1 Å². The summed E-state index contributed by atoms with van der Waals surface area (Å²) in [5.74, 6) is -0.779. The summed E-state index contributed by atoms with van der Waals surface area (Å²) >= 11 is 3.31. The molecule has 2 N–H and O–H groups in total. The highest BCUT2D eigenvalue weighted by Crippen LogP contribution is 2.21. The summed E-state index contributed by atoms with van der Waals surface area (Å²) in [5.41, 5.74) is 0.565. The summed E-state index contributed by atoms with van der Waals surface area (Å²) in [6.07, 6.45) is 3.08. The van der Waals surface area contributed by atoms with Gasteiger partial charge in [-0.05, 0) is 42.9 Å². The second-order valence-electron chi connectivity index (χ2n) is 5.48. The van der Waals surface area contributed by atoms with Gasteiger partial charge in [-0.3, -0.25) is 4.79 Å². The van der Waals surface area contributed by atoms with Crippen LogP contribution in [0.2, 0.25) is 0 Å². The van der Waals surface area contributed by atoms with Crippen molar-refractivity contribution in [2.75, 3.05) is 13.2 Å². The standard InChI is InChI=1S/C16H20BrNO4/c17-13-4-2-12(3-5-13)15(16(20)21)18-14(19)6-1-11-7-9-22-10-8-11/h2-5,11,15H,1,6-10H2,(H,18,19)(H,20,21). The molecule has 1 aromatic rings. The van der Waals surface area contributed by atoms with Crippen LogP contribution in [0.4, 0.5) is 0 Å². The number of nitrogens with one attached hydrogen (secondary N) is 1. The molecule has 0 bridgehead atoms. The molecule has 1 amide bonds. The third-order valence-corrected chi connectivity index (χ3v) is 4.40. The number of halogens is 1. The normalized spacial score (nSPS) is 17.0. The van der Waals surface area contributed by atoms with Crippen molar-refractivity contribution in [3.63, 3.8) is 0 Å². The van der Waals surface area contributed by atoms with Crippen molar-refractivity contribution in [1.29, 1.82) is 0 Å². The van der Waals surface area contributed by atoms with E-state index in [4.69, 9.17) is 4.74 Å². The van der Waals surface area contributed by atoms with E-state index in [0.29, 0.717) is 17.9 Å². The molecule has 1 atom stereocenters. The van der Waals surface area contributed by atoms with Crippen molar-refractivity contribution in [2.24, 2.45) is 5.92 Å². The molecule has 2 rings (SSSR count). The lowest BCUT2D eigenvalue weighted by atomic mass is 9.94. The van der Waals surface area contributed by atoms with Crippen LogP contribution in [0.15, 0.2) is 28.7 Å². The highest BCUT2D eigenvalue weighted by atomic mass is 79.9. The maximum absolute atomic E-state index is 12.0. The Bertz CT molecular complexity index is 511. The Morgan fingerprint density at radius 2 is 1.91 bits per heavy atom. The molecule has 1 aliphatic heterocycles. The van der Waals surface area contributed by atoms with Gasteiger partial charge in [0, 0.05) is 24.1 Å². The highest BCUT2D eigenvalue weighted by molar-refractivity contribution is 9.10. The van der Waals surface area contributed by atoms with Crippen LogP contribution in [-0.2, 0) is 14.3 Å². The Labute approximate surface area is 138 Å². The molecular formula is C16H20BrNO4. The van der Waals surface area contributed by atoms with E-state index in [1.54, 1.807) is 24.3 Å². The van der Waals surface area contributed by atoms with Crippen LogP contribution in [0.3, 0.4) is 0 Å². The first-order valence-corrected chi connectivity index (χ1v) is 8.21. The summed E-state index contributed by atoms with van der Waals surface area (Å²) in [6.45, 7) is 1.51. The summed E-state index contributed by atoms with van der Waals surface area (Å²) in [5, 5.41) is 11.9. The van der Waals surface area contributed by atoms with Crippen molar-refractivity contribution >= 4 is 27.8 Å². The van der Waals surface area contributed by atoms with E-state index >= 15 is 0 Å². The second-order valence-corrected chi connectivity index (χ2v) is 6.40. The van der Waals surface area contributed by atoms with E-state index in [1.165, 1.54) is 0 Å². The quantitative estimate of drug-likeness (QED) is 0.808. The van der Waals surface area contributed by atoms with Gasteiger partial charge >= 0.3 is 5.97 Å². The van der Waals surface area contributed by atoms with Crippen LogP contribution < -0.4 is 5.32 Å². The minimum atomic E-state index is -1.05. The number of aliphatic carboxylic acids is 1. The minimum absolute atomic E-state index is 0.221. The Balaban J connectivity index is 1.88. The molecule has 0 aromatic heterocycles. The number of hydrogen-bond acceptors (Lipinski definition) is 3. The molecule has 1 unspecified atom stereocenters. The molecule has 0 aliphatic carbocycles. The molecule has 1 fully saturated rings. The smallest absolute Gasteiger partial charge is 0.330 e. The molecule has 1 aliphatic rings. The van der Waals surface area contributed by atoms with Gasteiger partial charge in [-0.25, -0.2) is 4.79 Å². The lowest BCUT2D eigenvalue weighted by Gasteiger charge is -2.22. The van der Waals surface area contributed by atoms with Crippen LogP contribution in [0.5, 0.6) is 0 Å². The fourth-order valence-electron chi connectivity index (χ4n) is 2.55. The first-order valence-electron chi connectivity index (χ1n) is 7.41. The van der Waals surface area contributed by atoms with E-state index < -0.39 is 12.0 Å². The predicted octanol–water partition coefficient (Wildman–Crippen LogP) is 2.90. The number of rotatable bonds is 6.